The lowest BCUT2D eigenvalue weighted by Crippen LogP contribution is -2.65. The van der Waals surface area contributed by atoms with Crippen molar-refractivity contribution in [2.24, 2.45) is 11.5 Å². The Bertz CT molecular complexity index is 4020. The van der Waals surface area contributed by atoms with E-state index in [0.717, 1.165) is 23.5 Å². The van der Waals surface area contributed by atoms with E-state index in [1.165, 1.54) is 9.80 Å². The number of H-pyrrole nitrogens is 2. The molecule has 4 fully saturated rings. The van der Waals surface area contributed by atoms with Gasteiger partial charge in [0.15, 0.2) is 23.1 Å². The minimum atomic E-state index is -2.08. The average Bonchev–Trinajstić information content (AvgIpc) is 1.55. The number of hydrogen-bond donors (Lipinski definition) is 18. The summed E-state index contributed by atoms with van der Waals surface area (Å²) in [6.45, 7) is -1.44. The van der Waals surface area contributed by atoms with Crippen molar-refractivity contribution in [2.45, 2.75) is 135 Å². The summed E-state index contributed by atoms with van der Waals surface area (Å²) >= 11 is 1.99. The number of para-hydroxylation sites is 2. The van der Waals surface area contributed by atoms with Crippen LogP contribution in [0.2, 0.25) is 0 Å². The molecule has 2 aromatic heterocycles. The Kier molecular flexibility index (Phi) is 25.4. The number of carbonyl (C=O) groups is 10. The second-order valence-corrected chi connectivity index (χ2v) is 29.0. The number of aromatic amines is 2. The average molecular weight is 1440 g/mol. The molecule has 4 saturated heterocycles. The fourth-order valence-corrected chi connectivity index (χ4v) is 16.1. The zero-order valence-corrected chi connectivity index (χ0v) is 57.7. The van der Waals surface area contributed by atoms with Gasteiger partial charge in [0.25, 0.3) is 0 Å². The maximum atomic E-state index is 15.8. The van der Waals surface area contributed by atoms with Crippen molar-refractivity contribution in [1.82, 2.24) is 72.9 Å². The number of aromatic nitrogens is 2. The number of aliphatic hydroxyl groups excluding tert-OH is 2. The van der Waals surface area contributed by atoms with Crippen LogP contribution in [0.5, 0.6) is 0 Å². The summed E-state index contributed by atoms with van der Waals surface area (Å²) in [5.74, 6) is -7.60. The Morgan fingerprint density at radius 3 is 1.63 bits per heavy atom. The minimum Gasteiger partial charge on any atom is -0.392 e. The number of aliphatic hydroxyl groups is 2. The molecule has 6 heterocycles. The molecule has 2 bridgehead atoms. The van der Waals surface area contributed by atoms with Gasteiger partial charge in [0.2, 0.25) is 47.3 Å². The lowest BCUT2D eigenvalue weighted by atomic mass is 9.90. The summed E-state index contributed by atoms with van der Waals surface area (Å²) < 4.78 is 0. The van der Waals surface area contributed by atoms with Crippen LogP contribution in [0.15, 0.2) is 122 Å². The molecule has 542 valence electrons. The monoisotopic (exact) mass is 1440 g/mol. The molecule has 8 amide bonds. The van der Waals surface area contributed by atoms with E-state index in [1.54, 1.807) is 85.2 Å². The van der Waals surface area contributed by atoms with Gasteiger partial charge in [0, 0.05) is 116 Å². The number of rotatable bonds is 18. The van der Waals surface area contributed by atoms with Gasteiger partial charge in [-0.15, -0.1) is 23.5 Å². The van der Waals surface area contributed by atoms with E-state index in [-0.39, 0.29) is 113 Å². The van der Waals surface area contributed by atoms with Gasteiger partial charge < -0.3 is 94.5 Å². The highest BCUT2D eigenvalue weighted by atomic mass is 32.2. The Morgan fingerprint density at radius 1 is 0.569 bits per heavy atom. The summed E-state index contributed by atoms with van der Waals surface area (Å²) in [7, 11) is 0. The molecule has 0 radical (unpaired) electrons. The van der Waals surface area contributed by atoms with E-state index in [0.29, 0.717) is 56.6 Å². The number of benzene rings is 4. The molecule has 4 aliphatic rings. The molecule has 0 spiro atoms. The van der Waals surface area contributed by atoms with Gasteiger partial charge in [-0.25, -0.2) is 0 Å². The first-order valence-corrected chi connectivity index (χ1v) is 36.0. The first-order valence-electron chi connectivity index (χ1n) is 33.9. The Balaban J connectivity index is 1.11. The predicted molar refractivity (Wildman–Crippen MR) is 385 cm³/mol. The quantitative estimate of drug-likeness (QED) is 0.0207. The highest BCUT2D eigenvalue weighted by Crippen LogP contribution is 2.32. The number of nitrogens with two attached hydrogens (primary N) is 2. The number of aldehydes is 2. The van der Waals surface area contributed by atoms with Crippen molar-refractivity contribution >= 4 is 117 Å². The number of hydrogen-bond acceptors (Lipinski definition) is 18. The maximum Gasteiger partial charge on any atom is 0.244 e. The minimum absolute atomic E-state index is 0.0712. The first kappa shape index (κ1) is 74.8. The van der Waals surface area contributed by atoms with Gasteiger partial charge in [-0.2, -0.15) is 0 Å². The Hall–Kier alpha value is -9.86. The smallest absolute Gasteiger partial charge is 0.244 e. The largest absolute Gasteiger partial charge is 0.392 e. The molecule has 32 heteroatoms. The fraction of sp³-hybridized carbons (Fsp3) is 0.429. The lowest BCUT2D eigenvalue weighted by Gasteiger charge is -2.37. The van der Waals surface area contributed by atoms with Gasteiger partial charge in [-0.1, -0.05) is 97.1 Å². The molecule has 4 aromatic carbocycles. The molecule has 20 N–H and O–H groups in total. The fourth-order valence-electron chi connectivity index (χ4n) is 13.5. The van der Waals surface area contributed by atoms with Gasteiger partial charge in [-0.05, 0) is 66.5 Å². The summed E-state index contributed by atoms with van der Waals surface area (Å²) in [6, 6.07) is 20.5. The van der Waals surface area contributed by atoms with Crippen molar-refractivity contribution in [3.05, 3.63) is 144 Å². The third-order valence-electron chi connectivity index (χ3n) is 18.7. The molecular formula is C70H88N18O12S2. The number of amides is 8. The molecule has 0 aliphatic carbocycles. The van der Waals surface area contributed by atoms with E-state index in [9.17, 15) is 19.8 Å². The van der Waals surface area contributed by atoms with Gasteiger partial charge in [0.1, 0.15) is 48.1 Å². The molecule has 6 aromatic rings. The third kappa shape index (κ3) is 19.4. The zero-order chi connectivity index (χ0) is 72.5. The van der Waals surface area contributed by atoms with E-state index < -0.39 is 131 Å². The van der Waals surface area contributed by atoms with E-state index in [4.69, 9.17) is 22.3 Å². The molecule has 4 aliphatic heterocycles. The molecule has 0 saturated carbocycles. The Morgan fingerprint density at radius 2 is 1.05 bits per heavy atom. The van der Waals surface area contributed by atoms with Gasteiger partial charge >= 0.3 is 0 Å². The van der Waals surface area contributed by atoms with Crippen LogP contribution in [0.4, 0.5) is 0 Å². The van der Waals surface area contributed by atoms with Crippen LogP contribution in [0, 0.1) is 10.8 Å². The Labute approximate surface area is 596 Å². The van der Waals surface area contributed by atoms with Crippen LogP contribution < -0.4 is 64.6 Å². The van der Waals surface area contributed by atoms with Crippen LogP contribution in [-0.2, 0) is 73.6 Å². The lowest BCUT2D eigenvalue weighted by molar-refractivity contribution is -0.141. The molecule has 12 atom stereocenters. The first-order chi connectivity index (χ1) is 49.1. The molecule has 10 rings (SSSR count). The second-order valence-electron chi connectivity index (χ2n) is 26.3. The van der Waals surface area contributed by atoms with E-state index in [2.05, 4.69) is 63.1 Å². The van der Waals surface area contributed by atoms with E-state index >= 15 is 38.4 Å². The third-order valence-corrected chi connectivity index (χ3v) is 21.3. The number of thioether (sulfide) groups is 2. The van der Waals surface area contributed by atoms with Crippen LogP contribution in [0.25, 0.3) is 21.8 Å². The van der Waals surface area contributed by atoms with Crippen LogP contribution in [0.1, 0.15) is 60.8 Å². The summed E-state index contributed by atoms with van der Waals surface area (Å²) in [5, 5.41) is 68.8. The van der Waals surface area contributed by atoms with Crippen molar-refractivity contribution in [1.29, 1.82) is 10.8 Å². The van der Waals surface area contributed by atoms with Crippen LogP contribution in [0.3, 0.4) is 0 Å². The summed E-state index contributed by atoms with van der Waals surface area (Å²) in [6.07, 6.45) is 0.726. The van der Waals surface area contributed by atoms with Crippen LogP contribution in [-0.4, -0.2) is 223 Å². The summed E-state index contributed by atoms with van der Waals surface area (Å²) in [4.78, 5) is 159. The highest BCUT2D eigenvalue weighted by molar-refractivity contribution is 8.16. The number of guanidine groups is 2. The van der Waals surface area contributed by atoms with Crippen molar-refractivity contribution < 1.29 is 58.2 Å². The molecule has 0 unspecified atom stereocenters. The number of nitrogens with one attached hydrogen (secondary N) is 14. The van der Waals surface area contributed by atoms with Crippen LogP contribution >= 0.6 is 23.5 Å². The van der Waals surface area contributed by atoms with Crippen molar-refractivity contribution in [3.8, 4) is 0 Å². The topological polar surface area (TPSA) is 469 Å². The molecule has 102 heavy (non-hydrogen) atoms. The standard InChI is InChI=1S/C70H88N18O12S2/c71-67(72)75-23-11-21-51-59(93)82-55(27-43-31-77-49-19-9-7-17-47(43)49)63(97)86-70(39-90)37-87-33-45(91)28-57(87)64(98)83-53(25-41-13-3-1-4-14-41)61(95)81-52(22-12-24-76-68(73)74)62(96)85-69(38-89,30-44-32-78-50-20-10-8-18-48(44)50)36-79-56(35-101-40-102-70)66(100)88-34-46(92)29-58(88)65(99)84-54(60(94)80-51)26-42-15-5-2-6-16-42/h1-10,13-20,31-32,38-39,45-46,51-58,77-79,91-92H,11-12,21-30,33-37,40H2,(H,80,94)(H,81,95)(H,82,93)(H,83,98)(H,84,99)(H,85,96)(H,86,97)(H4,71,72,75)(H4,73,74,76)/t45-,46-,51+,52+,53-,54-,55+,56+,57+,58+,69-,70+/m1/s1. The summed E-state index contributed by atoms with van der Waals surface area (Å²) in [5.41, 5.74) is 13.0. The maximum absolute atomic E-state index is 15.8. The SMILES string of the molecule is N=C(N)NCCC[C@@H]1NC(=O)[C@@H](Cc2ccccc2)NC(=O)[C@@H]2C[C@@H](O)CN2C[C@]2(C=O)NC(=O)[C@H](Cc3c[nH]c4ccccc34)NC(=O)[C@H](CCCNC(=N)N)NC(=O)[C@@H](Cc3ccccc3)NC(=O)[C@@H]3C[C@@H](O)CN3C(=O)[C@H](CSCS2)NC[C@@](C=O)(Cc2c[nH]c3ccccc23)NC1=O. The number of nitrogens with zero attached hydrogens (tertiary/aromatic N) is 2. The van der Waals surface area contributed by atoms with E-state index in [1.807, 2.05) is 36.4 Å². The second kappa shape index (κ2) is 34.7. The van der Waals surface area contributed by atoms with Crippen molar-refractivity contribution in [2.75, 3.05) is 50.1 Å². The number of carbonyl (C=O) groups excluding carboxylic acids is 10. The van der Waals surface area contributed by atoms with Crippen molar-refractivity contribution in [3.63, 3.8) is 0 Å². The normalized spacial score (nSPS) is 27.1. The number of fused-ring (bicyclic) bond motifs is 9. The molecular weight excluding hydrogens is 1350 g/mol. The predicted octanol–water partition coefficient (Wildman–Crippen LogP) is -1.26. The van der Waals surface area contributed by atoms with Gasteiger partial charge in [-0.3, -0.25) is 58.9 Å². The highest BCUT2D eigenvalue weighted by Gasteiger charge is 2.48. The zero-order valence-electron chi connectivity index (χ0n) is 56.0. The van der Waals surface area contributed by atoms with Gasteiger partial charge in [0.05, 0.1) is 24.3 Å². The molecule has 30 nitrogen and oxygen atoms in total.